The van der Waals surface area contributed by atoms with Gasteiger partial charge in [0.1, 0.15) is 0 Å². The molecule has 0 aromatic heterocycles. The van der Waals surface area contributed by atoms with E-state index in [0.717, 1.165) is 0 Å². The van der Waals surface area contributed by atoms with E-state index in [2.05, 4.69) is 50.8 Å². The summed E-state index contributed by atoms with van der Waals surface area (Å²) in [7, 11) is 0. The van der Waals surface area contributed by atoms with Crippen LogP contribution in [0.2, 0.25) is 0 Å². The third-order valence-corrected chi connectivity index (χ3v) is 4.65. The Labute approximate surface area is 118 Å². The number of benzene rings is 1. The van der Waals surface area contributed by atoms with Crippen molar-refractivity contribution in [3.8, 4) is 0 Å². The predicted octanol–water partition coefficient (Wildman–Crippen LogP) is 3.42. The molecule has 1 aromatic carbocycles. The third-order valence-electron chi connectivity index (χ3n) is 4.65. The third kappa shape index (κ3) is 3.01. The molecule has 0 saturated carbocycles. The van der Waals surface area contributed by atoms with Crippen molar-refractivity contribution >= 4 is 0 Å². The molecular weight excluding hydrogens is 232 g/mol. The summed E-state index contributed by atoms with van der Waals surface area (Å²) >= 11 is 0. The Bertz CT molecular complexity index is 425. The summed E-state index contributed by atoms with van der Waals surface area (Å²) in [6.45, 7) is 10.9. The highest BCUT2D eigenvalue weighted by Crippen LogP contribution is 2.32. The molecule has 0 bridgehead atoms. The summed E-state index contributed by atoms with van der Waals surface area (Å²) in [5, 5.41) is 0. The molecule has 0 radical (unpaired) electrons. The number of hydrogen-bond acceptors (Lipinski definition) is 2. The predicted molar refractivity (Wildman–Crippen MR) is 82.3 cm³/mol. The number of hydrogen-bond donors (Lipinski definition) is 1. The normalized spacial score (nSPS) is 22.1. The van der Waals surface area contributed by atoms with E-state index >= 15 is 0 Å². The zero-order valence-electron chi connectivity index (χ0n) is 12.8. The fourth-order valence-electron chi connectivity index (χ4n) is 3.35. The standard InChI is InChI=1S/C17H28N2/c1-12(2)16-6-5-9-19(16)17(11-18)15-8-7-13(3)14(4)10-15/h7-8,10,12,16-17H,5-6,9,11,18H2,1-4H3. The van der Waals surface area contributed by atoms with E-state index in [-0.39, 0.29) is 0 Å². The highest BCUT2D eigenvalue weighted by Gasteiger charge is 2.32. The maximum absolute atomic E-state index is 6.09. The van der Waals surface area contributed by atoms with E-state index in [0.29, 0.717) is 24.5 Å². The molecule has 0 aliphatic carbocycles. The lowest BCUT2D eigenvalue weighted by atomic mass is 9.96. The van der Waals surface area contributed by atoms with E-state index < -0.39 is 0 Å². The van der Waals surface area contributed by atoms with Gasteiger partial charge in [0.15, 0.2) is 0 Å². The summed E-state index contributed by atoms with van der Waals surface area (Å²) in [6.07, 6.45) is 2.63. The Morgan fingerprint density at radius 3 is 2.58 bits per heavy atom. The molecule has 2 nitrogen and oxygen atoms in total. The van der Waals surface area contributed by atoms with Crippen LogP contribution in [0, 0.1) is 19.8 Å². The fraction of sp³-hybridized carbons (Fsp3) is 0.647. The van der Waals surface area contributed by atoms with Gasteiger partial charge in [0.2, 0.25) is 0 Å². The molecule has 1 heterocycles. The second-order valence-electron chi connectivity index (χ2n) is 6.29. The first kappa shape index (κ1) is 14.5. The van der Waals surface area contributed by atoms with E-state index in [9.17, 15) is 0 Å². The summed E-state index contributed by atoms with van der Waals surface area (Å²) in [6, 6.07) is 7.88. The SMILES string of the molecule is Cc1ccc(C(CN)N2CCCC2C(C)C)cc1C. The van der Waals surface area contributed by atoms with Crippen LogP contribution in [-0.4, -0.2) is 24.0 Å². The minimum Gasteiger partial charge on any atom is -0.329 e. The average Bonchev–Trinajstić information content (AvgIpc) is 2.84. The van der Waals surface area contributed by atoms with Crippen LogP contribution in [0.25, 0.3) is 0 Å². The fourth-order valence-corrected chi connectivity index (χ4v) is 3.35. The first-order valence-corrected chi connectivity index (χ1v) is 7.57. The molecule has 2 atom stereocenters. The quantitative estimate of drug-likeness (QED) is 0.898. The van der Waals surface area contributed by atoms with Gasteiger partial charge in [-0.05, 0) is 55.8 Å². The van der Waals surface area contributed by atoms with Crippen LogP contribution in [0.15, 0.2) is 18.2 Å². The summed E-state index contributed by atoms with van der Waals surface area (Å²) < 4.78 is 0. The van der Waals surface area contributed by atoms with Gasteiger partial charge in [0, 0.05) is 18.6 Å². The Kier molecular flexibility index (Phi) is 4.64. The molecule has 0 spiro atoms. The number of nitrogens with two attached hydrogens (primary N) is 1. The molecule has 2 N–H and O–H groups in total. The monoisotopic (exact) mass is 260 g/mol. The number of likely N-dealkylation sites (tertiary alicyclic amines) is 1. The van der Waals surface area contributed by atoms with Gasteiger partial charge in [0.25, 0.3) is 0 Å². The molecule has 1 saturated heterocycles. The average molecular weight is 260 g/mol. The van der Waals surface area contributed by atoms with Gasteiger partial charge in [-0.2, -0.15) is 0 Å². The topological polar surface area (TPSA) is 29.3 Å². The first-order valence-electron chi connectivity index (χ1n) is 7.57. The number of aryl methyl sites for hydroxylation is 2. The minimum absolute atomic E-state index is 0.384. The van der Waals surface area contributed by atoms with Crippen LogP contribution >= 0.6 is 0 Å². The van der Waals surface area contributed by atoms with Crippen molar-refractivity contribution in [1.82, 2.24) is 4.90 Å². The van der Waals surface area contributed by atoms with Crippen LogP contribution < -0.4 is 5.73 Å². The van der Waals surface area contributed by atoms with Crippen LogP contribution in [0.5, 0.6) is 0 Å². The molecule has 106 valence electrons. The summed E-state index contributed by atoms with van der Waals surface area (Å²) in [5.41, 5.74) is 10.2. The van der Waals surface area contributed by atoms with Gasteiger partial charge in [-0.25, -0.2) is 0 Å². The lowest BCUT2D eigenvalue weighted by Gasteiger charge is -2.35. The molecular formula is C17H28N2. The highest BCUT2D eigenvalue weighted by atomic mass is 15.2. The Morgan fingerprint density at radius 2 is 2.00 bits per heavy atom. The van der Waals surface area contributed by atoms with E-state index in [1.807, 2.05) is 0 Å². The van der Waals surface area contributed by atoms with Gasteiger partial charge >= 0.3 is 0 Å². The number of nitrogens with zero attached hydrogens (tertiary/aromatic N) is 1. The summed E-state index contributed by atoms with van der Waals surface area (Å²) in [5.74, 6) is 0.711. The zero-order chi connectivity index (χ0) is 14.0. The second kappa shape index (κ2) is 6.06. The second-order valence-corrected chi connectivity index (χ2v) is 6.29. The van der Waals surface area contributed by atoms with Crippen molar-refractivity contribution < 1.29 is 0 Å². The van der Waals surface area contributed by atoms with Crippen molar-refractivity contribution in [2.24, 2.45) is 11.7 Å². The molecule has 1 aliphatic rings. The minimum atomic E-state index is 0.384. The Morgan fingerprint density at radius 1 is 1.26 bits per heavy atom. The van der Waals surface area contributed by atoms with Gasteiger partial charge in [0.05, 0.1) is 0 Å². The maximum Gasteiger partial charge on any atom is 0.0473 e. The van der Waals surface area contributed by atoms with Crippen molar-refractivity contribution in [2.45, 2.75) is 52.6 Å². The zero-order valence-corrected chi connectivity index (χ0v) is 12.8. The van der Waals surface area contributed by atoms with E-state index in [1.165, 1.54) is 36.1 Å². The molecule has 2 rings (SSSR count). The molecule has 2 unspecified atom stereocenters. The first-order chi connectivity index (χ1) is 9.04. The number of rotatable bonds is 4. The molecule has 1 aromatic rings. The molecule has 1 fully saturated rings. The van der Waals surface area contributed by atoms with Gasteiger partial charge in [-0.3, -0.25) is 4.90 Å². The Balaban J connectivity index is 2.26. The van der Waals surface area contributed by atoms with Crippen LogP contribution in [0.3, 0.4) is 0 Å². The van der Waals surface area contributed by atoms with Gasteiger partial charge < -0.3 is 5.73 Å². The molecule has 0 amide bonds. The highest BCUT2D eigenvalue weighted by molar-refractivity contribution is 5.32. The van der Waals surface area contributed by atoms with E-state index in [1.54, 1.807) is 0 Å². The van der Waals surface area contributed by atoms with Crippen LogP contribution in [-0.2, 0) is 0 Å². The largest absolute Gasteiger partial charge is 0.329 e. The van der Waals surface area contributed by atoms with Crippen molar-refractivity contribution in [1.29, 1.82) is 0 Å². The van der Waals surface area contributed by atoms with Crippen molar-refractivity contribution in [2.75, 3.05) is 13.1 Å². The van der Waals surface area contributed by atoms with Crippen molar-refractivity contribution in [3.63, 3.8) is 0 Å². The summed E-state index contributed by atoms with van der Waals surface area (Å²) in [4.78, 5) is 2.63. The van der Waals surface area contributed by atoms with Gasteiger partial charge in [-0.1, -0.05) is 32.0 Å². The maximum atomic E-state index is 6.09. The van der Waals surface area contributed by atoms with Crippen molar-refractivity contribution in [3.05, 3.63) is 34.9 Å². The molecule has 19 heavy (non-hydrogen) atoms. The van der Waals surface area contributed by atoms with E-state index in [4.69, 9.17) is 5.73 Å². The van der Waals surface area contributed by atoms with Crippen LogP contribution in [0.4, 0.5) is 0 Å². The molecule has 1 aliphatic heterocycles. The van der Waals surface area contributed by atoms with Crippen LogP contribution in [0.1, 0.15) is 49.4 Å². The lowest BCUT2D eigenvalue weighted by molar-refractivity contribution is 0.149. The lowest BCUT2D eigenvalue weighted by Crippen LogP contribution is -2.40. The van der Waals surface area contributed by atoms with Gasteiger partial charge in [-0.15, -0.1) is 0 Å². The smallest absolute Gasteiger partial charge is 0.0473 e. The molecule has 2 heteroatoms. The Hall–Kier alpha value is -0.860.